The second kappa shape index (κ2) is 9.97. The van der Waals surface area contributed by atoms with Crippen LogP contribution in [0.25, 0.3) is 0 Å². The summed E-state index contributed by atoms with van der Waals surface area (Å²) in [5, 5.41) is 2.72. The molecule has 0 unspecified atom stereocenters. The minimum absolute atomic E-state index is 0.0315. The highest BCUT2D eigenvalue weighted by molar-refractivity contribution is 7.14. The summed E-state index contributed by atoms with van der Waals surface area (Å²) < 4.78 is 13.1. The van der Waals surface area contributed by atoms with Gasteiger partial charge in [0.1, 0.15) is 11.6 Å². The van der Waals surface area contributed by atoms with Crippen molar-refractivity contribution in [2.45, 2.75) is 39.0 Å². The first-order valence-electron chi connectivity index (χ1n) is 8.56. The van der Waals surface area contributed by atoms with Gasteiger partial charge in [0, 0.05) is 37.1 Å². The highest BCUT2D eigenvalue weighted by atomic mass is 32.1. The molecular weight excluding hydrogens is 353 g/mol. The first-order chi connectivity index (χ1) is 12.4. The van der Waals surface area contributed by atoms with Crippen molar-refractivity contribution in [1.29, 1.82) is 0 Å². The van der Waals surface area contributed by atoms with E-state index in [1.54, 1.807) is 18.2 Å². The van der Waals surface area contributed by atoms with Gasteiger partial charge in [0.25, 0.3) is 0 Å². The zero-order valence-electron chi connectivity index (χ0n) is 14.7. The fourth-order valence-electron chi connectivity index (χ4n) is 2.47. The lowest BCUT2D eigenvalue weighted by atomic mass is 10.1. The van der Waals surface area contributed by atoms with E-state index in [0.29, 0.717) is 17.8 Å². The Hall–Kier alpha value is -2.34. The maximum absolute atomic E-state index is 13.1. The molecule has 0 atom stereocenters. The summed E-state index contributed by atoms with van der Waals surface area (Å²) in [5.74, 6) is -0.635. The number of aryl methyl sites for hydroxylation is 1. The second-order valence-electron chi connectivity index (χ2n) is 6.10. The van der Waals surface area contributed by atoms with Crippen molar-refractivity contribution in [2.75, 3.05) is 6.54 Å². The minimum atomic E-state index is -0.299. The number of amides is 1. The summed E-state index contributed by atoms with van der Waals surface area (Å²) >= 11 is 1.43. The van der Waals surface area contributed by atoms with E-state index in [1.807, 2.05) is 13.0 Å². The van der Waals surface area contributed by atoms with Crippen molar-refractivity contribution in [3.63, 3.8) is 0 Å². The Morgan fingerprint density at radius 2 is 1.81 bits per heavy atom. The minimum Gasteiger partial charge on any atom is -0.356 e. The fourth-order valence-corrected chi connectivity index (χ4v) is 3.30. The summed E-state index contributed by atoms with van der Waals surface area (Å²) in [6, 6.07) is 9.89. The third-order valence-electron chi connectivity index (χ3n) is 3.90. The average Bonchev–Trinajstić information content (AvgIpc) is 3.04. The Bertz CT molecular complexity index is 785. The van der Waals surface area contributed by atoms with Crippen molar-refractivity contribution in [3.8, 4) is 0 Å². The lowest BCUT2D eigenvalue weighted by Crippen LogP contribution is -2.26. The number of halogens is 1. The summed E-state index contributed by atoms with van der Waals surface area (Å²) in [7, 11) is 0. The molecule has 2 aromatic rings. The number of rotatable bonds is 10. The smallest absolute Gasteiger partial charge is 0.220 e. The van der Waals surface area contributed by atoms with E-state index in [-0.39, 0.29) is 49.0 Å². The van der Waals surface area contributed by atoms with Gasteiger partial charge in [-0.25, -0.2) is 4.39 Å². The van der Waals surface area contributed by atoms with Gasteiger partial charge in [-0.3, -0.25) is 14.4 Å². The van der Waals surface area contributed by atoms with E-state index in [4.69, 9.17) is 0 Å². The summed E-state index contributed by atoms with van der Waals surface area (Å²) in [5.41, 5.74) is 0.809. The van der Waals surface area contributed by atoms with Crippen molar-refractivity contribution in [1.82, 2.24) is 5.32 Å². The molecule has 0 saturated heterocycles. The molecule has 6 heteroatoms. The van der Waals surface area contributed by atoms with Gasteiger partial charge in [0.05, 0.1) is 4.88 Å². The van der Waals surface area contributed by atoms with Crippen LogP contribution in [0.2, 0.25) is 0 Å². The largest absolute Gasteiger partial charge is 0.356 e. The van der Waals surface area contributed by atoms with E-state index >= 15 is 0 Å². The van der Waals surface area contributed by atoms with Crippen LogP contribution in [-0.2, 0) is 16.0 Å². The van der Waals surface area contributed by atoms with Gasteiger partial charge in [-0.2, -0.15) is 0 Å². The highest BCUT2D eigenvalue weighted by Crippen LogP contribution is 2.17. The van der Waals surface area contributed by atoms with E-state index in [9.17, 15) is 18.8 Å². The predicted octanol–water partition coefficient (Wildman–Crippen LogP) is 3.87. The monoisotopic (exact) mass is 375 g/mol. The number of carbonyl (C=O) groups excluding carboxylic acids is 3. The van der Waals surface area contributed by atoms with Crippen LogP contribution in [0.3, 0.4) is 0 Å². The molecule has 0 fully saturated rings. The standard InChI is InChI=1S/C20H22FNO3S/c1-14-5-9-19(26-14)18(24)8-6-17(23)7-10-20(25)22-12-11-15-3-2-4-16(21)13-15/h2-5,9,13H,6-8,10-12H2,1H3,(H,22,25). The molecule has 1 aromatic heterocycles. The average molecular weight is 375 g/mol. The lowest BCUT2D eigenvalue weighted by molar-refractivity contribution is -0.125. The normalized spacial score (nSPS) is 10.5. The quantitative estimate of drug-likeness (QED) is 0.641. The van der Waals surface area contributed by atoms with Crippen LogP contribution in [0, 0.1) is 12.7 Å². The van der Waals surface area contributed by atoms with Crippen molar-refractivity contribution in [2.24, 2.45) is 0 Å². The van der Waals surface area contributed by atoms with Crippen LogP contribution < -0.4 is 5.32 Å². The fraction of sp³-hybridized carbons (Fsp3) is 0.350. The maximum atomic E-state index is 13.1. The molecule has 0 aliphatic rings. The third-order valence-corrected chi connectivity index (χ3v) is 4.94. The Balaban J connectivity index is 1.60. The lowest BCUT2D eigenvalue weighted by Gasteiger charge is -2.05. The molecule has 0 aliphatic heterocycles. The van der Waals surface area contributed by atoms with Crippen molar-refractivity contribution < 1.29 is 18.8 Å². The van der Waals surface area contributed by atoms with Gasteiger partial charge >= 0.3 is 0 Å². The SMILES string of the molecule is Cc1ccc(C(=O)CCC(=O)CCC(=O)NCCc2cccc(F)c2)s1. The number of carbonyl (C=O) groups is 3. The number of ketones is 2. The zero-order valence-corrected chi connectivity index (χ0v) is 15.5. The Morgan fingerprint density at radius 1 is 1.04 bits per heavy atom. The number of nitrogens with one attached hydrogen (secondary N) is 1. The molecule has 26 heavy (non-hydrogen) atoms. The molecule has 1 heterocycles. The molecule has 1 aromatic carbocycles. The number of Topliss-reactive ketones (excluding diaryl/α,β-unsaturated/α-hetero) is 2. The topological polar surface area (TPSA) is 63.2 Å². The van der Waals surface area contributed by atoms with Gasteiger partial charge in [-0.1, -0.05) is 12.1 Å². The van der Waals surface area contributed by atoms with Crippen LogP contribution in [0.4, 0.5) is 4.39 Å². The molecular formula is C20H22FNO3S. The van der Waals surface area contributed by atoms with Crippen LogP contribution >= 0.6 is 11.3 Å². The molecule has 138 valence electrons. The molecule has 1 amide bonds. The summed E-state index contributed by atoms with van der Waals surface area (Å²) in [6.45, 7) is 2.33. The summed E-state index contributed by atoms with van der Waals surface area (Å²) in [4.78, 5) is 37.3. The van der Waals surface area contributed by atoms with E-state index < -0.39 is 0 Å². The Kier molecular flexibility index (Phi) is 7.66. The Labute approximate surface area is 156 Å². The molecule has 2 rings (SSSR count). The molecule has 0 spiro atoms. The number of hydrogen-bond donors (Lipinski definition) is 1. The molecule has 4 nitrogen and oxygen atoms in total. The van der Waals surface area contributed by atoms with E-state index in [0.717, 1.165) is 10.4 Å². The molecule has 0 bridgehead atoms. The predicted molar refractivity (Wildman–Crippen MR) is 100.0 cm³/mol. The van der Waals surface area contributed by atoms with Gasteiger partial charge in [-0.05, 0) is 43.2 Å². The molecule has 1 N–H and O–H groups in total. The van der Waals surface area contributed by atoms with E-state index in [1.165, 1.54) is 23.5 Å². The van der Waals surface area contributed by atoms with Crippen molar-refractivity contribution in [3.05, 3.63) is 57.5 Å². The summed E-state index contributed by atoms with van der Waals surface area (Å²) in [6.07, 6.45) is 1.11. The van der Waals surface area contributed by atoms with Crippen molar-refractivity contribution >= 4 is 28.8 Å². The zero-order chi connectivity index (χ0) is 18.9. The highest BCUT2D eigenvalue weighted by Gasteiger charge is 2.12. The Morgan fingerprint density at radius 3 is 2.50 bits per heavy atom. The maximum Gasteiger partial charge on any atom is 0.220 e. The number of benzene rings is 1. The first-order valence-corrected chi connectivity index (χ1v) is 9.38. The van der Waals surface area contributed by atoms with Crippen LogP contribution in [0.1, 0.15) is 45.8 Å². The van der Waals surface area contributed by atoms with Crippen LogP contribution in [0.15, 0.2) is 36.4 Å². The van der Waals surface area contributed by atoms with Gasteiger partial charge < -0.3 is 5.32 Å². The molecule has 0 radical (unpaired) electrons. The van der Waals surface area contributed by atoms with Gasteiger partial charge in [-0.15, -0.1) is 11.3 Å². The molecule has 0 saturated carbocycles. The van der Waals surface area contributed by atoms with Crippen LogP contribution in [-0.4, -0.2) is 24.0 Å². The molecule has 0 aliphatic carbocycles. The third kappa shape index (κ3) is 6.88. The number of thiophene rings is 1. The van der Waals surface area contributed by atoms with E-state index in [2.05, 4.69) is 5.32 Å². The second-order valence-corrected chi connectivity index (χ2v) is 7.39. The van der Waals surface area contributed by atoms with Crippen LogP contribution in [0.5, 0.6) is 0 Å². The first kappa shape index (κ1) is 20.0. The number of hydrogen-bond acceptors (Lipinski definition) is 4. The van der Waals surface area contributed by atoms with Gasteiger partial charge in [0.15, 0.2) is 5.78 Å². The van der Waals surface area contributed by atoms with Gasteiger partial charge in [0.2, 0.25) is 5.91 Å².